The van der Waals surface area contributed by atoms with Crippen molar-refractivity contribution in [1.82, 2.24) is 0 Å². The van der Waals surface area contributed by atoms with E-state index in [9.17, 15) is 33.6 Å². The molecule has 0 saturated heterocycles. The first-order chi connectivity index (χ1) is 9.47. The van der Waals surface area contributed by atoms with Crippen LogP contribution in [0, 0.1) is 5.41 Å². The molecule has 0 bridgehead atoms. The van der Waals surface area contributed by atoms with Crippen molar-refractivity contribution in [2.45, 2.75) is 34.1 Å². The lowest BCUT2D eigenvalue weighted by molar-refractivity contribution is -0.165. The summed E-state index contributed by atoms with van der Waals surface area (Å²) in [6, 6.07) is 0. The van der Waals surface area contributed by atoms with Crippen LogP contribution in [0.25, 0.3) is 0 Å². The molecule has 0 atom stereocenters. The van der Waals surface area contributed by atoms with Crippen LogP contribution in [0.3, 0.4) is 0 Å². The van der Waals surface area contributed by atoms with Gasteiger partial charge in [-0.1, -0.05) is 0 Å². The number of Topliss-reactive ketones (excluding diaryl/α,β-unsaturated/α-hetero) is 5. The third kappa shape index (κ3) is 3.74. The lowest BCUT2D eigenvalue weighted by Gasteiger charge is -2.23. The molecular weight excluding hydrogens is 284 g/mol. The Balaban J connectivity index is 5.46. The highest BCUT2D eigenvalue weighted by Crippen LogP contribution is 2.25. The fourth-order valence-corrected chi connectivity index (χ4v) is 1.87. The van der Waals surface area contributed by atoms with Gasteiger partial charge in [0.05, 0.1) is 6.42 Å². The maximum atomic E-state index is 12.0. The molecule has 0 saturated carbocycles. The van der Waals surface area contributed by atoms with Crippen molar-refractivity contribution in [2.75, 3.05) is 0 Å². The first kappa shape index (κ1) is 18.5. The zero-order chi connectivity index (χ0) is 17.0. The molecule has 0 aromatic heterocycles. The molecule has 0 fully saturated rings. The Morgan fingerprint density at radius 3 is 1.43 bits per heavy atom. The number of rotatable bonds is 7. The molecule has 114 valence electrons. The highest BCUT2D eigenvalue weighted by atomic mass is 16.6. The summed E-state index contributed by atoms with van der Waals surface area (Å²) in [5.41, 5.74) is -2.60. The van der Waals surface area contributed by atoms with Gasteiger partial charge in [0, 0.05) is 6.92 Å². The zero-order valence-corrected chi connectivity index (χ0v) is 12.0. The molecule has 0 radical (unpaired) electrons. The first-order valence-corrected chi connectivity index (χ1v) is 5.79. The van der Waals surface area contributed by atoms with Crippen molar-refractivity contribution in [3.05, 3.63) is 0 Å². The lowest BCUT2D eigenvalue weighted by atomic mass is 9.72. The van der Waals surface area contributed by atoms with E-state index in [0.29, 0.717) is 0 Å². The summed E-state index contributed by atoms with van der Waals surface area (Å²) >= 11 is 0. The Bertz CT molecular complexity index is 518. The van der Waals surface area contributed by atoms with Crippen LogP contribution >= 0.6 is 0 Å². The second-order valence-electron chi connectivity index (χ2n) is 4.32. The van der Waals surface area contributed by atoms with Gasteiger partial charge in [-0.05, 0) is 20.8 Å². The van der Waals surface area contributed by atoms with Crippen LogP contribution in [0.15, 0.2) is 0 Å². The monoisotopic (exact) mass is 298 g/mol. The quantitative estimate of drug-likeness (QED) is 0.344. The maximum Gasteiger partial charge on any atom is 0.382 e. The smallest absolute Gasteiger partial charge is 0.382 e. The number of carbonyl (C=O) groups excluding carboxylic acids is 7. The third-order valence-electron chi connectivity index (χ3n) is 2.79. The minimum Gasteiger partial charge on any atom is -0.387 e. The van der Waals surface area contributed by atoms with E-state index >= 15 is 0 Å². The number of ether oxygens (including phenoxy) is 1. The Hall–Kier alpha value is -2.51. The molecule has 8 heteroatoms. The summed E-state index contributed by atoms with van der Waals surface area (Å²) in [6.45, 7) is 3.45. The zero-order valence-electron chi connectivity index (χ0n) is 12.0. The number of hydrogen-bond donors (Lipinski definition) is 0. The predicted molar refractivity (Wildman–Crippen MR) is 65.9 cm³/mol. The van der Waals surface area contributed by atoms with E-state index in [1.165, 1.54) is 0 Å². The predicted octanol–water partition coefficient (Wildman–Crippen LogP) is -0.642. The van der Waals surface area contributed by atoms with Gasteiger partial charge < -0.3 is 4.74 Å². The van der Waals surface area contributed by atoms with Gasteiger partial charge in [-0.25, -0.2) is 4.79 Å². The molecule has 0 aliphatic carbocycles. The summed E-state index contributed by atoms with van der Waals surface area (Å²) in [4.78, 5) is 79.8. The number of carbonyl (C=O) groups is 7. The first-order valence-electron chi connectivity index (χ1n) is 5.79. The van der Waals surface area contributed by atoms with Gasteiger partial charge in [0.1, 0.15) is 0 Å². The van der Waals surface area contributed by atoms with Crippen molar-refractivity contribution >= 4 is 40.9 Å². The fourth-order valence-electron chi connectivity index (χ4n) is 1.87. The van der Waals surface area contributed by atoms with Crippen LogP contribution in [-0.4, -0.2) is 40.9 Å². The topological polar surface area (TPSA) is 129 Å². The van der Waals surface area contributed by atoms with Crippen LogP contribution in [0.1, 0.15) is 34.1 Å². The molecule has 0 aliphatic rings. The summed E-state index contributed by atoms with van der Waals surface area (Å²) in [5.74, 6) is -8.53. The van der Waals surface area contributed by atoms with Gasteiger partial charge in [-0.15, -0.1) is 0 Å². The van der Waals surface area contributed by atoms with Crippen LogP contribution < -0.4 is 0 Å². The van der Waals surface area contributed by atoms with E-state index in [0.717, 1.165) is 27.7 Å². The summed E-state index contributed by atoms with van der Waals surface area (Å²) in [6.07, 6.45) is -1.19. The van der Waals surface area contributed by atoms with E-state index in [4.69, 9.17) is 0 Å². The Labute approximate surface area is 119 Å². The number of hydrogen-bond acceptors (Lipinski definition) is 8. The Morgan fingerprint density at radius 2 is 1.14 bits per heavy atom. The SMILES string of the molecule is CC(=O)OC(=O)C(=O)CC(=O)C(C(C)=O)(C(C)=O)C(C)=O. The van der Waals surface area contributed by atoms with Crippen molar-refractivity contribution in [3.63, 3.8) is 0 Å². The molecule has 21 heavy (non-hydrogen) atoms. The molecule has 0 amide bonds. The normalized spacial score (nSPS) is 10.5. The van der Waals surface area contributed by atoms with E-state index in [1.807, 2.05) is 0 Å². The molecule has 0 heterocycles. The van der Waals surface area contributed by atoms with Crippen LogP contribution in [-0.2, 0) is 38.3 Å². The van der Waals surface area contributed by atoms with Gasteiger partial charge >= 0.3 is 11.9 Å². The fraction of sp³-hybridized carbons (Fsp3) is 0.462. The summed E-state index contributed by atoms with van der Waals surface area (Å²) < 4.78 is 3.97. The molecule has 0 unspecified atom stereocenters. The highest BCUT2D eigenvalue weighted by molar-refractivity contribution is 6.44. The third-order valence-corrected chi connectivity index (χ3v) is 2.79. The van der Waals surface area contributed by atoms with Gasteiger partial charge in [0.2, 0.25) is 11.2 Å². The second kappa shape index (κ2) is 6.78. The molecule has 0 aromatic rings. The molecule has 8 nitrogen and oxygen atoms in total. The molecule has 0 N–H and O–H groups in total. The average Bonchev–Trinajstić information content (AvgIpc) is 2.26. The minimum absolute atomic E-state index is 0.860. The van der Waals surface area contributed by atoms with Crippen molar-refractivity contribution < 1.29 is 38.3 Å². The average molecular weight is 298 g/mol. The van der Waals surface area contributed by atoms with Gasteiger partial charge in [-0.2, -0.15) is 0 Å². The maximum absolute atomic E-state index is 12.0. The Morgan fingerprint density at radius 1 is 0.762 bits per heavy atom. The van der Waals surface area contributed by atoms with Crippen molar-refractivity contribution in [2.24, 2.45) is 5.41 Å². The molecule has 0 spiro atoms. The van der Waals surface area contributed by atoms with E-state index < -0.39 is 52.7 Å². The molecule has 0 rings (SSSR count). The van der Waals surface area contributed by atoms with Gasteiger partial charge in [0.25, 0.3) is 0 Å². The van der Waals surface area contributed by atoms with E-state index in [2.05, 4.69) is 4.74 Å². The lowest BCUT2D eigenvalue weighted by Crippen LogP contribution is -2.50. The number of ketones is 5. The molecular formula is C13H14O8. The molecule has 0 aromatic carbocycles. The largest absolute Gasteiger partial charge is 0.387 e. The van der Waals surface area contributed by atoms with Crippen LogP contribution in [0.2, 0.25) is 0 Å². The van der Waals surface area contributed by atoms with E-state index in [1.54, 1.807) is 0 Å². The summed E-state index contributed by atoms with van der Waals surface area (Å²) in [7, 11) is 0. The van der Waals surface area contributed by atoms with Gasteiger partial charge in [0.15, 0.2) is 23.1 Å². The molecule has 0 aliphatic heterocycles. The van der Waals surface area contributed by atoms with Crippen LogP contribution in [0.4, 0.5) is 0 Å². The van der Waals surface area contributed by atoms with Crippen molar-refractivity contribution in [3.8, 4) is 0 Å². The van der Waals surface area contributed by atoms with E-state index in [-0.39, 0.29) is 0 Å². The van der Waals surface area contributed by atoms with Crippen LogP contribution in [0.5, 0.6) is 0 Å². The summed E-state index contributed by atoms with van der Waals surface area (Å²) in [5, 5.41) is 0. The standard InChI is InChI=1S/C13H14O8/c1-6(14)13(7(2)15,8(3)16)11(19)5-10(18)12(20)21-9(4)17/h5H2,1-4H3. The minimum atomic E-state index is -2.60. The number of esters is 2. The van der Waals surface area contributed by atoms with Crippen molar-refractivity contribution in [1.29, 1.82) is 0 Å². The second-order valence-corrected chi connectivity index (χ2v) is 4.32. The highest BCUT2D eigenvalue weighted by Gasteiger charge is 2.52. The Kier molecular flexibility index (Phi) is 5.97. The van der Waals surface area contributed by atoms with Gasteiger partial charge in [-0.3, -0.25) is 28.8 Å².